The third-order valence-electron chi connectivity index (χ3n) is 2.32. The summed E-state index contributed by atoms with van der Waals surface area (Å²) in [6, 6.07) is 3.57. The Morgan fingerprint density at radius 2 is 2.17 bits per heavy atom. The number of carbonyl (C=O) groups is 1. The van der Waals surface area contributed by atoms with E-state index in [9.17, 15) is 4.79 Å². The first-order chi connectivity index (χ1) is 8.49. The van der Waals surface area contributed by atoms with E-state index in [1.807, 2.05) is 6.07 Å². The molecule has 0 fully saturated rings. The van der Waals surface area contributed by atoms with Crippen LogP contribution in [0.5, 0.6) is 5.75 Å². The van der Waals surface area contributed by atoms with Gasteiger partial charge in [-0.05, 0) is 31.5 Å². The molecule has 1 atom stereocenters. The minimum atomic E-state index is -0.988. The number of rotatable bonds is 7. The predicted octanol–water partition coefficient (Wildman–Crippen LogP) is 1.68. The zero-order valence-electron chi connectivity index (χ0n) is 11.0. The first kappa shape index (κ1) is 14.4. The van der Waals surface area contributed by atoms with Gasteiger partial charge in [0.05, 0.1) is 11.9 Å². The Morgan fingerprint density at radius 3 is 2.67 bits per heavy atom. The summed E-state index contributed by atoms with van der Waals surface area (Å²) in [5.74, 6) is 0.0826. The number of pyridine rings is 1. The van der Waals surface area contributed by atoms with Gasteiger partial charge in [0.25, 0.3) is 0 Å². The van der Waals surface area contributed by atoms with Crippen molar-refractivity contribution in [2.75, 3.05) is 6.54 Å². The number of aromatic nitrogens is 1. The van der Waals surface area contributed by atoms with E-state index >= 15 is 0 Å². The normalized spacial score (nSPS) is 12.4. The van der Waals surface area contributed by atoms with Crippen molar-refractivity contribution in [1.82, 2.24) is 10.3 Å². The lowest BCUT2D eigenvalue weighted by molar-refractivity contribution is -0.144. The zero-order chi connectivity index (χ0) is 13.5. The highest BCUT2D eigenvalue weighted by molar-refractivity contribution is 5.72. The van der Waals surface area contributed by atoms with Crippen LogP contribution in [-0.2, 0) is 11.3 Å². The fourth-order valence-corrected chi connectivity index (χ4v) is 1.33. The van der Waals surface area contributed by atoms with Gasteiger partial charge in [0.15, 0.2) is 6.10 Å². The van der Waals surface area contributed by atoms with Gasteiger partial charge in [0, 0.05) is 6.54 Å². The standard InChI is InChI=1S/C13H20N2O3/c1-9(2)6-14-7-11-4-5-12(8-15-11)18-10(3)13(16)17/h4-5,8-10,14H,6-7H2,1-3H3,(H,16,17). The minimum absolute atomic E-state index is 0.470. The highest BCUT2D eigenvalue weighted by Crippen LogP contribution is 2.11. The van der Waals surface area contributed by atoms with E-state index in [4.69, 9.17) is 9.84 Å². The number of hydrogen-bond acceptors (Lipinski definition) is 4. The molecule has 0 bridgehead atoms. The quantitative estimate of drug-likeness (QED) is 0.772. The number of aliphatic carboxylic acids is 1. The number of carboxylic acid groups (broad SMARTS) is 1. The molecular formula is C13H20N2O3. The molecular weight excluding hydrogens is 232 g/mol. The second-order valence-electron chi connectivity index (χ2n) is 4.61. The number of nitrogens with one attached hydrogen (secondary N) is 1. The lowest BCUT2D eigenvalue weighted by Crippen LogP contribution is -2.23. The molecule has 0 aliphatic heterocycles. The van der Waals surface area contributed by atoms with E-state index in [0.717, 1.165) is 12.2 Å². The molecule has 1 aromatic rings. The van der Waals surface area contributed by atoms with Crippen LogP contribution in [0.4, 0.5) is 0 Å². The number of carboxylic acids is 1. The first-order valence-corrected chi connectivity index (χ1v) is 6.04. The molecule has 0 aliphatic carbocycles. The van der Waals surface area contributed by atoms with Gasteiger partial charge in [-0.25, -0.2) is 4.79 Å². The van der Waals surface area contributed by atoms with E-state index in [-0.39, 0.29) is 0 Å². The average molecular weight is 252 g/mol. The highest BCUT2D eigenvalue weighted by atomic mass is 16.5. The van der Waals surface area contributed by atoms with Crippen LogP contribution in [0.2, 0.25) is 0 Å². The van der Waals surface area contributed by atoms with Crippen molar-refractivity contribution in [3.05, 3.63) is 24.0 Å². The minimum Gasteiger partial charge on any atom is -0.479 e. The summed E-state index contributed by atoms with van der Waals surface area (Å²) in [6.07, 6.45) is 0.683. The zero-order valence-corrected chi connectivity index (χ0v) is 11.0. The summed E-state index contributed by atoms with van der Waals surface area (Å²) in [5, 5.41) is 12.0. The third kappa shape index (κ3) is 5.14. The topological polar surface area (TPSA) is 71.5 Å². The SMILES string of the molecule is CC(C)CNCc1ccc(OC(C)C(=O)O)cn1. The molecule has 2 N–H and O–H groups in total. The summed E-state index contributed by atoms with van der Waals surface area (Å²) in [5.41, 5.74) is 0.908. The molecule has 0 aromatic carbocycles. The molecule has 1 aromatic heterocycles. The van der Waals surface area contributed by atoms with Crippen molar-refractivity contribution in [2.24, 2.45) is 5.92 Å². The molecule has 0 saturated carbocycles. The van der Waals surface area contributed by atoms with Gasteiger partial charge in [-0.15, -0.1) is 0 Å². The molecule has 0 amide bonds. The maximum Gasteiger partial charge on any atom is 0.344 e. The largest absolute Gasteiger partial charge is 0.479 e. The van der Waals surface area contributed by atoms with E-state index in [0.29, 0.717) is 18.2 Å². The smallest absolute Gasteiger partial charge is 0.344 e. The number of hydrogen-bond donors (Lipinski definition) is 2. The van der Waals surface area contributed by atoms with Crippen molar-refractivity contribution in [3.8, 4) is 5.75 Å². The van der Waals surface area contributed by atoms with Crippen molar-refractivity contribution >= 4 is 5.97 Å². The molecule has 1 heterocycles. The molecule has 18 heavy (non-hydrogen) atoms. The van der Waals surface area contributed by atoms with Gasteiger partial charge < -0.3 is 15.2 Å². The second kappa shape index (κ2) is 6.96. The molecule has 0 aliphatic rings. The van der Waals surface area contributed by atoms with Gasteiger partial charge in [0.2, 0.25) is 0 Å². The Balaban J connectivity index is 2.44. The van der Waals surface area contributed by atoms with Crippen LogP contribution >= 0.6 is 0 Å². The van der Waals surface area contributed by atoms with Crippen LogP contribution in [0.3, 0.4) is 0 Å². The average Bonchev–Trinajstić information content (AvgIpc) is 2.30. The molecule has 1 rings (SSSR count). The van der Waals surface area contributed by atoms with Crippen molar-refractivity contribution in [2.45, 2.75) is 33.4 Å². The Morgan fingerprint density at radius 1 is 1.44 bits per heavy atom. The van der Waals surface area contributed by atoms with E-state index < -0.39 is 12.1 Å². The molecule has 100 valence electrons. The molecule has 0 radical (unpaired) electrons. The summed E-state index contributed by atoms with van der Waals surface area (Å²) in [6.45, 7) is 7.42. The van der Waals surface area contributed by atoms with Gasteiger partial charge >= 0.3 is 5.97 Å². The van der Waals surface area contributed by atoms with Crippen molar-refractivity contribution < 1.29 is 14.6 Å². The van der Waals surface area contributed by atoms with Crippen molar-refractivity contribution in [1.29, 1.82) is 0 Å². The van der Waals surface area contributed by atoms with Gasteiger partial charge in [-0.2, -0.15) is 0 Å². The van der Waals surface area contributed by atoms with E-state index in [1.54, 1.807) is 12.3 Å². The van der Waals surface area contributed by atoms with Crippen LogP contribution in [0.1, 0.15) is 26.5 Å². The van der Waals surface area contributed by atoms with Gasteiger partial charge in [-0.1, -0.05) is 13.8 Å². The second-order valence-corrected chi connectivity index (χ2v) is 4.61. The Kier molecular flexibility index (Phi) is 5.58. The molecule has 1 unspecified atom stereocenters. The summed E-state index contributed by atoms with van der Waals surface area (Å²) in [7, 11) is 0. The Bertz CT molecular complexity index is 376. The lowest BCUT2D eigenvalue weighted by Gasteiger charge is -2.10. The molecule has 5 heteroatoms. The van der Waals surface area contributed by atoms with Crippen LogP contribution in [0, 0.1) is 5.92 Å². The summed E-state index contributed by atoms with van der Waals surface area (Å²) < 4.78 is 5.19. The molecule has 5 nitrogen and oxygen atoms in total. The van der Waals surface area contributed by atoms with Crippen LogP contribution in [0.25, 0.3) is 0 Å². The fourth-order valence-electron chi connectivity index (χ4n) is 1.33. The number of ether oxygens (including phenoxy) is 1. The van der Waals surface area contributed by atoms with E-state index in [1.165, 1.54) is 6.92 Å². The van der Waals surface area contributed by atoms with E-state index in [2.05, 4.69) is 24.1 Å². The van der Waals surface area contributed by atoms with Gasteiger partial charge in [-0.3, -0.25) is 4.98 Å². The fraction of sp³-hybridized carbons (Fsp3) is 0.538. The van der Waals surface area contributed by atoms with Gasteiger partial charge in [0.1, 0.15) is 5.75 Å². The monoisotopic (exact) mass is 252 g/mol. The maximum absolute atomic E-state index is 10.6. The maximum atomic E-state index is 10.6. The Labute approximate surface area is 107 Å². The highest BCUT2D eigenvalue weighted by Gasteiger charge is 2.12. The first-order valence-electron chi connectivity index (χ1n) is 6.04. The summed E-state index contributed by atoms with van der Waals surface area (Å²) in [4.78, 5) is 14.8. The Hall–Kier alpha value is -1.62. The molecule has 0 spiro atoms. The third-order valence-corrected chi connectivity index (χ3v) is 2.32. The molecule has 0 saturated heterocycles. The number of nitrogens with zero attached hydrogens (tertiary/aromatic N) is 1. The van der Waals surface area contributed by atoms with Crippen LogP contribution in [-0.4, -0.2) is 28.7 Å². The van der Waals surface area contributed by atoms with Crippen LogP contribution in [0.15, 0.2) is 18.3 Å². The predicted molar refractivity (Wildman–Crippen MR) is 68.5 cm³/mol. The lowest BCUT2D eigenvalue weighted by atomic mass is 10.2. The van der Waals surface area contributed by atoms with Crippen molar-refractivity contribution in [3.63, 3.8) is 0 Å². The summed E-state index contributed by atoms with van der Waals surface area (Å²) >= 11 is 0. The van der Waals surface area contributed by atoms with Crippen LogP contribution < -0.4 is 10.1 Å².